The van der Waals surface area contributed by atoms with Gasteiger partial charge in [-0.1, -0.05) is 17.7 Å². The molecule has 27 heavy (non-hydrogen) atoms. The van der Waals surface area contributed by atoms with Crippen molar-refractivity contribution in [3.8, 4) is 11.5 Å². The van der Waals surface area contributed by atoms with Gasteiger partial charge in [-0.25, -0.2) is 0 Å². The number of amides is 1. The molecule has 0 saturated carbocycles. The van der Waals surface area contributed by atoms with Crippen molar-refractivity contribution < 1.29 is 14.3 Å². The molecular formula is C22H27NO3S. The van der Waals surface area contributed by atoms with E-state index in [-0.39, 0.29) is 22.8 Å². The van der Waals surface area contributed by atoms with Crippen molar-refractivity contribution in [3.63, 3.8) is 0 Å². The Kier molecular flexibility index (Phi) is 5.70. The third-order valence-corrected chi connectivity index (χ3v) is 5.81. The second kappa shape index (κ2) is 7.85. The molecule has 1 N–H and O–H groups in total. The van der Waals surface area contributed by atoms with Crippen LogP contribution >= 0.6 is 11.8 Å². The molecule has 0 saturated heterocycles. The SMILES string of the molecule is COc1ccc2c(c1)C(NC(=O)C(C)Sc1ccc(C)cc1)CC(C)(C)O2. The number of methoxy groups -OCH3 is 1. The van der Waals surface area contributed by atoms with Gasteiger partial charge >= 0.3 is 0 Å². The Balaban J connectivity index is 1.75. The van der Waals surface area contributed by atoms with E-state index >= 15 is 0 Å². The Bertz CT molecular complexity index is 817. The molecule has 1 amide bonds. The highest BCUT2D eigenvalue weighted by atomic mass is 32.2. The van der Waals surface area contributed by atoms with Crippen LogP contribution in [0, 0.1) is 6.92 Å². The number of thioether (sulfide) groups is 1. The molecule has 5 heteroatoms. The molecule has 1 heterocycles. The molecule has 2 aromatic carbocycles. The molecule has 2 unspecified atom stereocenters. The molecule has 144 valence electrons. The summed E-state index contributed by atoms with van der Waals surface area (Å²) in [5.74, 6) is 1.59. The largest absolute Gasteiger partial charge is 0.497 e. The fourth-order valence-corrected chi connectivity index (χ4v) is 4.13. The predicted octanol–water partition coefficient (Wildman–Crippen LogP) is 4.90. The van der Waals surface area contributed by atoms with Crippen molar-refractivity contribution in [2.24, 2.45) is 0 Å². The zero-order chi connectivity index (χ0) is 19.6. The second-order valence-electron chi connectivity index (χ2n) is 7.60. The fourth-order valence-electron chi connectivity index (χ4n) is 3.25. The normalized spacial score (nSPS) is 18.8. The lowest BCUT2D eigenvalue weighted by atomic mass is 9.89. The smallest absolute Gasteiger partial charge is 0.233 e. The van der Waals surface area contributed by atoms with Gasteiger partial charge in [0, 0.05) is 16.9 Å². The zero-order valence-electron chi connectivity index (χ0n) is 16.5. The number of nitrogens with one attached hydrogen (secondary N) is 1. The van der Waals surface area contributed by atoms with Crippen molar-refractivity contribution in [3.05, 3.63) is 53.6 Å². The third kappa shape index (κ3) is 4.78. The average molecular weight is 386 g/mol. The highest BCUT2D eigenvalue weighted by Crippen LogP contribution is 2.41. The summed E-state index contributed by atoms with van der Waals surface area (Å²) in [5, 5.41) is 3.03. The van der Waals surface area contributed by atoms with E-state index < -0.39 is 0 Å². The fraction of sp³-hybridized carbons (Fsp3) is 0.409. The molecule has 2 aromatic rings. The summed E-state index contributed by atoms with van der Waals surface area (Å²) in [4.78, 5) is 13.9. The molecule has 2 atom stereocenters. The summed E-state index contributed by atoms with van der Waals surface area (Å²) in [6, 6.07) is 13.9. The van der Waals surface area contributed by atoms with Crippen molar-refractivity contribution >= 4 is 17.7 Å². The molecule has 0 aliphatic carbocycles. The predicted molar refractivity (Wildman–Crippen MR) is 110 cm³/mol. The highest BCUT2D eigenvalue weighted by Gasteiger charge is 2.35. The minimum atomic E-state index is -0.340. The summed E-state index contributed by atoms with van der Waals surface area (Å²) in [5.41, 5.74) is 1.84. The molecule has 0 aromatic heterocycles. The molecule has 0 spiro atoms. The minimum absolute atomic E-state index is 0.0250. The molecular weight excluding hydrogens is 358 g/mol. The molecule has 0 radical (unpaired) electrons. The zero-order valence-corrected chi connectivity index (χ0v) is 17.4. The number of hydrogen-bond acceptors (Lipinski definition) is 4. The lowest BCUT2D eigenvalue weighted by molar-refractivity contribution is -0.121. The van der Waals surface area contributed by atoms with Gasteiger partial charge in [-0.15, -0.1) is 11.8 Å². The second-order valence-corrected chi connectivity index (χ2v) is 9.02. The molecule has 1 aliphatic heterocycles. The quantitative estimate of drug-likeness (QED) is 0.744. The lowest BCUT2D eigenvalue weighted by Crippen LogP contribution is -2.43. The van der Waals surface area contributed by atoms with Crippen LogP contribution in [0.1, 0.15) is 44.4 Å². The van der Waals surface area contributed by atoms with E-state index in [0.717, 1.165) is 22.0 Å². The number of benzene rings is 2. The first-order valence-electron chi connectivity index (χ1n) is 9.18. The highest BCUT2D eigenvalue weighted by molar-refractivity contribution is 8.00. The van der Waals surface area contributed by atoms with Crippen LogP contribution < -0.4 is 14.8 Å². The van der Waals surface area contributed by atoms with E-state index in [1.165, 1.54) is 5.56 Å². The van der Waals surface area contributed by atoms with Crippen molar-refractivity contribution in [2.45, 2.75) is 55.9 Å². The summed E-state index contributed by atoms with van der Waals surface area (Å²) in [6.45, 7) is 8.09. The van der Waals surface area contributed by atoms with E-state index in [4.69, 9.17) is 9.47 Å². The van der Waals surface area contributed by atoms with Crippen LogP contribution in [-0.2, 0) is 4.79 Å². The number of fused-ring (bicyclic) bond motifs is 1. The van der Waals surface area contributed by atoms with Crippen LogP contribution in [0.3, 0.4) is 0 Å². The van der Waals surface area contributed by atoms with Gasteiger partial charge in [-0.05, 0) is 58.0 Å². The van der Waals surface area contributed by atoms with Crippen molar-refractivity contribution in [1.82, 2.24) is 5.32 Å². The Morgan fingerprint density at radius 2 is 1.96 bits per heavy atom. The first-order chi connectivity index (χ1) is 12.8. The number of ether oxygens (including phenoxy) is 2. The third-order valence-electron chi connectivity index (χ3n) is 4.69. The van der Waals surface area contributed by atoms with Crippen LogP contribution in [0.15, 0.2) is 47.4 Å². The Labute approximate surface area is 165 Å². The van der Waals surface area contributed by atoms with Gasteiger partial charge < -0.3 is 14.8 Å². The topological polar surface area (TPSA) is 47.6 Å². The van der Waals surface area contributed by atoms with E-state index in [1.54, 1.807) is 18.9 Å². The van der Waals surface area contributed by atoms with E-state index in [2.05, 4.69) is 36.5 Å². The van der Waals surface area contributed by atoms with E-state index in [9.17, 15) is 4.79 Å². The number of rotatable bonds is 5. The number of carbonyl (C=O) groups excluding carboxylic acids is 1. The maximum absolute atomic E-state index is 12.9. The average Bonchev–Trinajstić information content (AvgIpc) is 2.62. The van der Waals surface area contributed by atoms with Crippen LogP contribution in [-0.4, -0.2) is 23.9 Å². The summed E-state index contributed by atoms with van der Waals surface area (Å²) < 4.78 is 11.4. The number of hydrogen-bond donors (Lipinski definition) is 1. The molecule has 0 bridgehead atoms. The van der Waals surface area contributed by atoms with Gasteiger partial charge in [0.1, 0.15) is 17.1 Å². The summed E-state index contributed by atoms with van der Waals surface area (Å²) >= 11 is 1.57. The van der Waals surface area contributed by atoms with Crippen molar-refractivity contribution in [2.75, 3.05) is 7.11 Å². The first kappa shape index (κ1) is 19.6. The first-order valence-corrected chi connectivity index (χ1v) is 10.1. The van der Waals surface area contributed by atoms with E-state index in [1.807, 2.05) is 39.0 Å². The van der Waals surface area contributed by atoms with Crippen LogP contribution in [0.4, 0.5) is 0 Å². The molecule has 3 rings (SSSR count). The Morgan fingerprint density at radius 1 is 1.26 bits per heavy atom. The van der Waals surface area contributed by atoms with Crippen LogP contribution in [0.5, 0.6) is 11.5 Å². The van der Waals surface area contributed by atoms with Gasteiger partial charge in [-0.3, -0.25) is 4.79 Å². The van der Waals surface area contributed by atoms with Gasteiger partial charge in [0.05, 0.1) is 18.4 Å². The minimum Gasteiger partial charge on any atom is -0.497 e. The van der Waals surface area contributed by atoms with Gasteiger partial charge in [-0.2, -0.15) is 0 Å². The lowest BCUT2D eigenvalue weighted by Gasteiger charge is -2.38. The maximum atomic E-state index is 12.9. The Morgan fingerprint density at radius 3 is 2.63 bits per heavy atom. The molecule has 0 fully saturated rings. The molecule has 1 aliphatic rings. The van der Waals surface area contributed by atoms with Crippen molar-refractivity contribution in [1.29, 1.82) is 0 Å². The maximum Gasteiger partial charge on any atom is 0.233 e. The van der Waals surface area contributed by atoms with Crippen LogP contribution in [0.2, 0.25) is 0 Å². The summed E-state index contributed by atoms with van der Waals surface area (Å²) in [7, 11) is 1.64. The number of carbonyl (C=O) groups is 1. The Hall–Kier alpha value is -2.14. The van der Waals surface area contributed by atoms with Crippen LogP contribution in [0.25, 0.3) is 0 Å². The van der Waals surface area contributed by atoms with Gasteiger partial charge in [0.25, 0.3) is 0 Å². The summed E-state index contributed by atoms with van der Waals surface area (Å²) in [6.07, 6.45) is 0.709. The van der Waals surface area contributed by atoms with Gasteiger partial charge in [0.2, 0.25) is 5.91 Å². The van der Waals surface area contributed by atoms with E-state index in [0.29, 0.717) is 6.42 Å². The molecule has 4 nitrogen and oxygen atoms in total. The number of aryl methyl sites for hydroxylation is 1. The monoisotopic (exact) mass is 385 g/mol. The van der Waals surface area contributed by atoms with Gasteiger partial charge in [0.15, 0.2) is 0 Å². The standard InChI is InChI=1S/C22H27NO3S/c1-14-6-9-17(10-7-14)27-15(2)21(24)23-19-13-22(3,4)26-20-11-8-16(25-5)12-18(19)20/h6-12,15,19H,13H2,1-5H3,(H,23,24).